The summed E-state index contributed by atoms with van der Waals surface area (Å²) in [5.41, 5.74) is 13.6. The quantitative estimate of drug-likeness (QED) is 0.160. The van der Waals surface area contributed by atoms with Crippen molar-refractivity contribution in [3.63, 3.8) is 0 Å². The van der Waals surface area contributed by atoms with Crippen LogP contribution in [0.2, 0.25) is 0 Å². The van der Waals surface area contributed by atoms with Crippen LogP contribution >= 0.6 is 11.3 Å². The van der Waals surface area contributed by atoms with E-state index in [1.54, 1.807) is 11.3 Å². The zero-order valence-electron chi connectivity index (χ0n) is 35.5. The van der Waals surface area contributed by atoms with E-state index in [1.165, 1.54) is 37.5 Å². The van der Waals surface area contributed by atoms with E-state index in [9.17, 15) is 0 Å². The molecule has 0 aliphatic heterocycles. The molecule has 3 heterocycles. The van der Waals surface area contributed by atoms with Gasteiger partial charge in [-0.3, -0.25) is 0 Å². The molecule has 0 saturated heterocycles. The summed E-state index contributed by atoms with van der Waals surface area (Å²) >= 11 is 1.77. The molecule has 0 saturated carbocycles. The Labute approximate surface area is 384 Å². The number of para-hydroxylation sites is 1. The van der Waals surface area contributed by atoms with Crippen molar-refractivity contribution in [3.8, 4) is 78.7 Å². The maximum Gasteiger partial charge on any atom is 0.165 e. The summed E-state index contributed by atoms with van der Waals surface area (Å²) in [7, 11) is 0. The van der Waals surface area contributed by atoms with Crippen LogP contribution in [0.3, 0.4) is 0 Å². The summed E-state index contributed by atoms with van der Waals surface area (Å²) in [5.74, 6) is 1.81. The third kappa shape index (κ3) is 6.48. The van der Waals surface area contributed by atoms with Crippen molar-refractivity contribution in [1.29, 1.82) is 0 Å². The molecule has 0 bridgehead atoms. The first-order valence-corrected chi connectivity index (χ1v) is 23.0. The lowest BCUT2D eigenvalue weighted by molar-refractivity contribution is 0.669. The summed E-state index contributed by atoms with van der Waals surface area (Å²) < 4.78 is 8.92. The van der Waals surface area contributed by atoms with E-state index in [2.05, 4.69) is 194 Å². The number of rotatable bonds is 7. The molecule has 66 heavy (non-hydrogen) atoms. The number of aromatic nitrogens is 3. The van der Waals surface area contributed by atoms with Crippen LogP contribution < -0.4 is 0 Å². The molecule has 5 heteroatoms. The van der Waals surface area contributed by atoms with E-state index in [0.29, 0.717) is 17.5 Å². The minimum Gasteiger partial charge on any atom is -0.456 e. The molecule has 0 N–H and O–H groups in total. The fourth-order valence-corrected chi connectivity index (χ4v) is 10.8. The lowest BCUT2D eigenvalue weighted by Crippen LogP contribution is -2.00. The third-order valence-corrected chi connectivity index (χ3v) is 13.9. The van der Waals surface area contributed by atoms with Crippen molar-refractivity contribution in [2.24, 2.45) is 0 Å². The molecule has 0 atom stereocenters. The van der Waals surface area contributed by atoms with Crippen molar-refractivity contribution in [3.05, 3.63) is 224 Å². The van der Waals surface area contributed by atoms with Crippen LogP contribution in [0, 0.1) is 0 Å². The first-order valence-electron chi connectivity index (χ1n) is 22.2. The fraction of sp³-hybridized carbons (Fsp3) is 0. The average molecular weight is 860 g/mol. The number of fused-ring (bicyclic) bond motifs is 8. The van der Waals surface area contributed by atoms with Crippen LogP contribution in [0.4, 0.5) is 0 Å². The van der Waals surface area contributed by atoms with E-state index in [1.807, 2.05) is 30.3 Å². The smallest absolute Gasteiger partial charge is 0.165 e. The molecule has 0 spiro atoms. The van der Waals surface area contributed by atoms with Gasteiger partial charge in [-0.2, -0.15) is 0 Å². The molecule has 10 aromatic carbocycles. The minimum atomic E-state index is 0.599. The van der Waals surface area contributed by atoms with E-state index in [4.69, 9.17) is 19.4 Å². The molecule has 0 amide bonds. The number of nitrogens with zero attached hydrogens (tertiary/aromatic N) is 3. The fourth-order valence-electron chi connectivity index (χ4n) is 9.62. The van der Waals surface area contributed by atoms with Gasteiger partial charge in [0.1, 0.15) is 11.2 Å². The van der Waals surface area contributed by atoms with Crippen LogP contribution in [-0.4, -0.2) is 15.0 Å². The molecular weight excluding hydrogens is 823 g/mol. The first kappa shape index (κ1) is 38.0. The van der Waals surface area contributed by atoms with E-state index in [-0.39, 0.29) is 0 Å². The highest BCUT2D eigenvalue weighted by atomic mass is 32.1. The van der Waals surface area contributed by atoms with Crippen LogP contribution in [-0.2, 0) is 0 Å². The third-order valence-electron chi connectivity index (χ3n) is 12.7. The Hall–Kier alpha value is -8.51. The summed E-state index contributed by atoms with van der Waals surface area (Å²) in [6.07, 6.45) is 0. The molecule has 3 aromatic heterocycles. The van der Waals surface area contributed by atoms with E-state index in [0.717, 1.165) is 76.5 Å². The monoisotopic (exact) mass is 859 g/mol. The zero-order chi connectivity index (χ0) is 43.6. The standard InChI is InChI=1S/C61H37N3OS/c1-4-17-38(18-5-1)43-34-44(36-45(35-43)47-32-31-46(39-19-6-2-7-20-39)48-25-10-11-26-49(47)48)41-23-16-24-42(33-41)60-62-59(40-21-8-3-9-22-40)63-61(64-60)52-37-54-56(50-27-12-14-29-53(50)65-54)57-51-28-13-15-30-55(51)66-58(52)57/h1-37H. The van der Waals surface area contributed by atoms with E-state index >= 15 is 0 Å². The van der Waals surface area contributed by atoms with Gasteiger partial charge in [0.15, 0.2) is 17.5 Å². The predicted octanol–water partition coefficient (Wildman–Crippen LogP) is 17.0. The SMILES string of the molecule is c1ccc(-c2cc(-c3cccc(-c4nc(-c5ccccc5)nc(-c5cc6oc7ccccc7c6c6c5sc5ccccc56)n4)c3)cc(-c3ccc(-c4ccccc4)c4ccccc34)c2)cc1. The maximum atomic E-state index is 6.60. The highest BCUT2D eigenvalue weighted by molar-refractivity contribution is 7.26. The Kier molecular flexibility index (Phi) is 9.00. The number of hydrogen-bond donors (Lipinski definition) is 0. The van der Waals surface area contributed by atoms with Crippen molar-refractivity contribution < 1.29 is 4.42 Å². The van der Waals surface area contributed by atoms with Crippen LogP contribution in [0.25, 0.3) is 132 Å². The second-order valence-corrected chi connectivity index (χ2v) is 17.7. The van der Waals surface area contributed by atoms with Gasteiger partial charge in [-0.1, -0.05) is 182 Å². The van der Waals surface area contributed by atoms with Crippen molar-refractivity contribution in [2.45, 2.75) is 0 Å². The van der Waals surface area contributed by atoms with Gasteiger partial charge < -0.3 is 4.42 Å². The van der Waals surface area contributed by atoms with E-state index < -0.39 is 0 Å². The van der Waals surface area contributed by atoms with Crippen molar-refractivity contribution >= 4 is 64.2 Å². The first-order chi connectivity index (χ1) is 32.7. The topological polar surface area (TPSA) is 51.8 Å². The Bertz CT molecular complexity index is 3990. The van der Waals surface area contributed by atoms with Gasteiger partial charge >= 0.3 is 0 Å². The van der Waals surface area contributed by atoms with Crippen molar-refractivity contribution in [2.75, 3.05) is 0 Å². The summed E-state index contributed by atoms with van der Waals surface area (Å²) in [4.78, 5) is 15.8. The molecule has 308 valence electrons. The van der Waals surface area contributed by atoms with Crippen molar-refractivity contribution in [1.82, 2.24) is 15.0 Å². The van der Waals surface area contributed by atoms with Gasteiger partial charge in [0, 0.05) is 47.6 Å². The average Bonchev–Trinajstić information content (AvgIpc) is 3.97. The van der Waals surface area contributed by atoms with Crippen LogP contribution in [0.15, 0.2) is 229 Å². The van der Waals surface area contributed by atoms with Gasteiger partial charge in [0.2, 0.25) is 0 Å². The normalized spacial score (nSPS) is 11.6. The number of thiophene rings is 1. The van der Waals surface area contributed by atoms with Crippen LogP contribution in [0.5, 0.6) is 0 Å². The second kappa shape index (κ2) is 15.6. The molecular formula is C61H37N3OS. The van der Waals surface area contributed by atoms with Gasteiger partial charge in [0.05, 0.1) is 0 Å². The minimum absolute atomic E-state index is 0.599. The van der Waals surface area contributed by atoms with Crippen LogP contribution in [0.1, 0.15) is 0 Å². The molecule has 13 aromatic rings. The number of benzene rings is 10. The molecule has 0 fully saturated rings. The van der Waals surface area contributed by atoms with Gasteiger partial charge in [-0.15, -0.1) is 11.3 Å². The zero-order valence-corrected chi connectivity index (χ0v) is 36.3. The van der Waals surface area contributed by atoms with Gasteiger partial charge in [-0.25, -0.2) is 15.0 Å². The Morgan fingerprint density at radius 2 is 0.788 bits per heavy atom. The molecule has 13 rings (SSSR count). The molecule has 0 aliphatic rings. The second-order valence-electron chi connectivity index (χ2n) is 16.7. The maximum absolute atomic E-state index is 6.60. The Morgan fingerprint density at radius 1 is 0.288 bits per heavy atom. The molecule has 4 nitrogen and oxygen atoms in total. The predicted molar refractivity (Wildman–Crippen MR) is 276 cm³/mol. The highest BCUT2D eigenvalue weighted by Gasteiger charge is 2.22. The summed E-state index contributed by atoms with van der Waals surface area (Å²) in [5, 5.41) is 7.01. The molecule has 0 unspecified atom stereocenters. The van der Waals surface area contributed by atoms with Gasteiger partial charge in [-0.05, 0) is 97.7 Å². The molecule has 0 radical (unpaired) electrons. The van der Waals surface area contributed by atoms with Gasteiger partial charge in [0.25, 0.3) is 0 Å². The number of furan rings is 1. The Morgan fingerprint density at radius 3 is 1.52 bits per heavy atom. The Balaban J connectivity index is 1.00. The lowest BCUT2D eigenvalue weighted by atomic mass is 9.89. The largest absolute Gasteiger partial charge is 0.456 e. The summed E-state index contributed by atoms with van der Waals surface area (Å²) in [6, 6.07) is 79.4. The number of hydrogen-bond acceptors (Lipinski definition) is 5. The lowest BCUT2D eigenvalue weighted by Gasteiger charge is -2.15. The molecule has 0 aliphatic carbocycles. The summed E-state index contributed by atoms with van der Waals surface area (Å²) in [6.45, 7) is 0. The highest BCUT2D eigenvalue weighted by Crippen LogP contribution is 2.47.